The quantitative estimate of drug-likeness (QED) is 0.625. The lowest BCUT2D eigenvalue weighted by atomic mass is 9.70. The number of nitriles is 1. The van der Waals surface area contributed by atoms with Crippen molar-refractivity contribution in [3.05, 3.63) is 107 Å². The molecular weight excluding hydrogens is 311 g/mol. The summed E-state index contributed by atoms with van der Waals surface area (Å²) in [5.41, 5.74) is -0.602. The van der Waals surface area contributed by atoms with Crippen LogP contribution in [-0.4, -0.2) is 0 Å². The maximum Gasteiger partial charge on any atom is 0.132 e. The molecule has 3 rings (SSSR count). The molecule has 0 amide bonds. The molecule has 0 fully saturated rings. The summed E-state index contributed by atoms with van der Waals surface area (Å²) in [6, 6.07) is 18.6. The number of nitrogens with zero attached hydrogens (tertiary/aromatic N) is 1. The summed E-state index contributed by atoms with van der Waals surface area (Å²) < 4.78 is 41.3. The average Bonchev–Trinajstić information content (AvgIpc) is 2.56. The molecule has 0 aromatic heterocycles. The van der Waals surface area contributed by atoms with Crippen molar-refractivity contribution in [1.29, 1.82) is 5.26 Å². The molecule has 118 valence electrons. The van der Waals surface area contributed by atoms with Crippen LogP contribution in [-0.2, 0) is 5.41 Å². The topological polar surface area (TPSA) is 23.8 Å². The van der Waals surface area contributed by atoms with E-state index >= 15 is 0 Å². The average molecular weight is 323 g/mol. The molecule has 3 aromatic rings. The monoisotopic (exact) mass is 323 g/mol. The SMILES string of the molecule is N#CC(c1cccc(F)c1)(c1cccc(F)c1)c1cccc(F)c1. The Hall–Kier alpha value is -3.06. The summed E-state index contributed by atoms with van der Waals surface area (Å²) in [6.07, 6.45) is 0. The van der Waals surface area contributed by atoms with E-state index < -0.39 is 22.9 Å². The van der Waals surface area contributed by atoms with E-state index in [9.17, 15) is 18.4 Å². The number of benzene rings is 3. The van der Waals surface area contributed by atoms with E-state index in [1.54, 1.807) is 18.2 Å². The van der Waals surface area contributed by atoms with Crippen molar-refractivity contribution >= 4 is 0 Å². The van der Waals surface area contributed by atoms with Crippen LogP contribution in [0, 0.1) is 28.8 Å². The maximum absolute atomic E-state index is 13.8. The van der Waals surface area contributed by atoms with Gasteiger partial charge in [-0.25, -0.2) is 13.2 Å². The lowest BCUT2D eigenvalue weighted by molar-refractivity contribution is 0.610. The van der Waals surface area contributed by atoms with Crippen LogP contribution in [0.4, 0.5) is 13.2 Å². The minimum Gasteiger partial charge on any atom is -0.207 e. The van der Waals surface area contributed by atoms with Crippen LogP contribution in [0.2, 0.25) is 0 Å². The zero-order chi connectivity index (χ0) is 17.2. The van der Waals surface area contributed by atoms with E-state index in [4.69, 9.17) is 0 Å². The molecule has 0 unspecified atom stereocenters. The Bertz CT molecular complexity index is 817. The van der Waals surface area contributed by atoms with E-state index in [-0.39, 0.29) is 0 Å². The van der Waals surface area contributed by atoms with Gasteiger partial charge in [0.05, 0.1) is 6.07 Å². The van der Waals surface area contributed by atoms with Gasteiger partial charge in [0.15, 0.2) is 0 Å². The standard InChI is InChI=1S/C20H12F3N/c21-17-7-1-4-14(10-17)20(13-24,15-5-2-8-18(22)11-15)16-6-3-9-19(23)12-16/h1-12H. The van der Waals surface area contributed by atoms with E-state index in [0.717, 1.165) is 0 Å². The van der Waals surface area contributed by atoms with Gasteiger partial charge in [-0.2, -0.15) is 5.26 Å². The third-order valence-corrected chi connectivity index (χ3v) is 3.94. The molecule has 0 saturated heterocycles. The van der Waals surface area contributed by atoms with Crippen LogP contribution in [0.1, 0.15) is 16.7 Å². The minimum absolute atomic E-state index is 0.307. The highest BCUT2D eigenvalue weighted by atomic mass is 19.1. The summed E-state index contributed by atoms with van der Waals surface area (Å²) in [4.78, 5) is 0. The van der Waals surface area contributed by atoms with Gasteiger partial charge >= 0.3 is 0 Å². The molecule has 24 heavy (non-hydrogen) atoms. The molecule has 0 bridgehead atoms. The first kappa shape index (κ1) is 15.8. The van der Waals surface area contributed by atoms with Crippen molar-refractivity contribution in [2.24, 2.45) is 0 Å². The van der Waals surface area contributed by atoms with Crippen molar-refractivity contribution in [1.82, 2.24) is 0 Å². The Morgan fingerprint density at radius 2 is 0.958 bits per heavy atom. The van der Waals surface area contributed by atoms with Crippen LogP contribution < -0.4 is 0 Å². The normalized spacial score (nSPS) is 11.1. The van der Waals surface area contributed by atoms with Crippen LogP contribution in [0.5, 0.6) is 0 Å². The van der Waals surface area contributed by atoms with Gasteiger partial charge in [0.25, 0.3) is 0 Å². The fraction of sp³-hybridized carbons (Fsp3) is 0.0500. The molecule has 0 atom stereocenters. The predicted molar refractivity (Wildman–Crippen MR) is 84.7 cm³/mol. The van der Waals surface area contributed by atoms with E-state index in [1.165, 1.54) is 54.6 Å². The Morgan fingerprint density at radius 3 is 1.21 bits per heavy atom. The first-order valence-corrected chi connectivity index (χ1v) is 7.25. The predicted octanol–water partition coefficient (Wildman–Crippen LogP) is 4.96. The van der Waals surface area contributed by atoms with Crippen molar-refractivity contribution in [3.8, 4) is 6.07 Å². The van der Waals surface area contributed by atoms with Gasteiger partial charge in [-0.3, -0.25) is 0 Å². The molecule has 1 nitrogen and oxygen atoms in total. The van der Waals surface area contributed by atoms with Gasteiger partial charge < -0.3 is 0 Å². The molecular formula is C20H12F3N. The molecule has 0 aliphatic rings. The summed E-state index contributed by atoms with van der Waals surface area (Å²) >= 11 is 0. The highest BCUT2D eigenvalue weighted by Crippen LogP contribution is 2.39. The number of hydrogen-bond acceptors (Lipinski definition) is 1. The molecule has 3 aromatic carbocycles. The third kappa shape index (κ3) is 2.65. The van der Waals surface area contributed by atoms with Gasteiger partial charge in [-0.1, -0.05) is 36.4 Å². The van der Waals surface area contributed by atoms with Crippen molar-refractivity contribution in [2.45, 2.75) is 5.41 Å². The first-order valence-electron chi connectivity index (χ1n) is 7.25. The Kier molecular flexibility index (Phi) is 4.09. The van der Waals surface area contributed by atoms with Gasteiger partial charge in [-0.15, -0.1) is 0 Å². The summed E-state index contributed by atoms with van der Waals surface area (Å²) in [5.74, 6) is -1.58. The number of rotatable bonds is 3. The van der Waals surface area contributed by atoms with Crippen LogP contribution >= 0.6 is 0 Å². The lowest BCUT2D eigenvalue weighted by Gasteiger charge is -2.28. The van der Waals surface area contributed by atoms with Crippen LogP contribution in [0.15, 0.2) is 72.8 Å². The summed E-state index contributed by atoms with van der Waals surface area (Å²) in [6.45, 7) is 0. The van der Waals surface area contributed by atoms with Crippen molar-refractivity contribution < 1.29 is 13.2 Å². The van der Waals surface area contributed by atoms with Crippen molar-refractivity contribution in [2.75, 3.05) is 0 Å². The second-order valence-corrected chi connectivity index (χ2v) is 5.39. The van der Waals surface area contributed by atoms with E-state index in [0.29, 0.717) is 16.7 Å². The highest BCUT2D eigenvalue weighted by molar-refractivity contribution is 5.56. The fourth-order valence-electron chi connectivity index (χ4n) is 2.86. The Labute approximate surface area is 137 Å². The number of halogens is 3. The molecule has 0 saturated carbocycles. The maximum atomic E-state index is 13.8. The molecule has 0 N–H and O–H groups in total. The Morgan fingerprint density at radius 1 is 0.625 bits per heavy atom. The molecule has 0 radical (unpaired) electrons. The van der Waals surface area contributed by atoms with Crippen LogP contribution in [0.3, 0.4) is 0 Å². The molecule has 0 heterocycles. The third-order valence-electron chi connectivity index (χ3n) is 3.94. The second kappa shape index (κ2) is 6.21. The largest absolute Gasteiger partial charge is 0.207 e. The summed E-state index contributed by atoms with van der Waals surface area (Å²) in [5, 5.41) is 9.99. The van der Waals surface area contributed by atoms with Crippen molar-refractivity contribution in [3.63, 3.8) is 0 Å². The lowest BCUT2D eigenvalue weighted by Crippen LogP contribution is -2.28. The molecule has 0 spiro atoms. The zero-order valence-corrected chi connectivity index (χ0v) is 12.5. The summed E-state index contributed by atoms with van der Waals surface area (Å²) in [7, 11) is 0. The zero-order valence-electron chi connectivity index (χ0n) is 12.5. The highest BCUT2D eigenvalue weighted by Gasteiger charge is 2.37. The van der Waals surface area contributed by atoms with Crippen LogP contribution in [0.25, 0.3) is 0 Å². The van der Waals surface area contributed by atoms with Gasteiger partial charge in [0, 0.05) is 0 Å². The first-order chi connectivity index (χ1) is 11.6. The molecule has 4 heteroatoms. The van der Waals surface area contributed by atoms with E-state index in [1.807, 2.05) is 0 Å². The van der Waals surface area contributed by atoms with Gasteiger partial charge in [0.1, 0.15) is 22.9 Å². The van der Waals surface area contributed by atoms with Gasteiger partial charge in [0.2, 0.25) is 0 Å². The smallest absolute Gasteiger partial charge is 0.132 e. The van der Waals surface area contributed by atoms with E-state index in [2.05, 4.69) is 6.07 Å². The minimum atomic E-state index is -1.52. The van der Waals surface area contributed by atoms with Gasteiger partial charge in [-0.05, 0) is 53.1 Å². The Balaban J connectivity index is 2.38. The fourth-order valence-corrected chi connectivity index (χ4v) is 2.86. The number of hydrogen-bond donors (Lipinski definition) is 0. The molecule has 0 aliphatic heterocycles. The molecule has 0 aliphatic carbocycles. The second-order valence-electron chi connectivity index (χ2n) is 5.39.